The molecule has 0 aliphatic heterocycles. The third-order valence-electron chi connectivity index (χ3n) is 2.99. The van der Waals surface area contributed by atoms with Crippen LogP contribution >= 0.6 is 22.9 Å². The molecule has 2 rings (SSSR count). The Balaban J connectivity index is 1.60. The van der Waals surface area contributed by atoms with Crippen LogP contribution in [0.15, 0.2) is 36.4 Å². The van der Waals surface area contributed by atoms with E-state index in [-0.39, 0.29) is 0 Å². The average molecular weight is 326 g/mol. The second-order valence-corrected chi connectivity index (χ2v) is 6.74. The lowest BCUT2D eigenvalue weighted by molar-refractivity contribution is 0.106. The lowest BCUT2D eigenvalue weighted by Gasteiger charge is -2.13. The highest BCUT2D eigenvalue weighted by atomic mass is 35.5. The number of nitrogens with one attached hydrogen (secondary N) is 1. The van der Waals surface area contributed by atoms with E-state index in [9.17, 15) is 5.11 Å². The number of halogens is 1. The molecule has 0 fully saturated rings. The molecule has 0 bridgehead atoms. The van der Waals surface area contributed by atoms with Crippen molar-refractivity contribution in [2.24, 2.45) is 0 Å². The summed E-state index contributed by atoms with van der Waals surface area (Å²) in [5.74, 6) is 0.794. The monoisotopic (exact) mass is 325 g/mol. The van der Waals surface area contributed by atoms with Gasteiger partial charge in [-0.25, -0.2) is 0 Å². The van der Waals surface area contributed by atoms with E-state index in [1.807, 2.05) is 43.3 Å². The van der Waals surface area contributed by atoms with Gasteiger partial charge in [0.15, 0.2) is 0 Å². The largest absolute Gasteiger partial charge is 0.491 e. The van der Waals surface area contributed by atoms with Gasteiger partial charge in [0.05, 0.1) is 4.34 Å². The van der Waals surface area contributed by atoms with E-state index < -0.39 is 6.10 Å². The van der Waals surface area contributed by atoms with Gasteiger partial charge in [-0.15, -0.1) is 11.3 Å². The van der Waals surface area contributed by atoms with E-state index in [0.29, 0.717) is 13.2 Å². The number of thiophene rings is 1. The highest BCUT2D eigenvalue weighted by molar-refractivity contribution is 7.16. The number of ether oxygens (including phenoxy) is 1. The Hall–Kier alpha value is -1.07. The maximum atomic E-state index is 9.88. The Labute approximate surface area is 134 Å². The van der Waals surface area contributed by atoms with Gasteiger partial charge in [0, 0.05) is 18.0 Å². The first-order valence-electron chi connectivity index (χ1n) is 6.96. The third-order valence-corrected chi connectivity index (χ3v) is 4.28. The number of hydrogen-bond acceptors (Lipinski definition) is 4. The fourth-order valence-electron chi connectivity index (χ4n) is 1.92. The van der Waals surface area contributed by atoms with Crippen molar-refractivity contribution in [2.45, 2.75) is 19.4 Å². The van der Waals surface area contributed by atoms with Crippen LogP contribution in [0.3, 0.4) is 0 Å². The van der Waals surface area contributed by atoms with E-state index in [2.05, 4.69) is 5.32 Å². The van der Waals surface area contributed by atoms with Gasteiger partial charge in [0.25, 0.3) is 0 Å². The van der Waals surface area contributed by atoms with Gasteiger partial charge >= 0.3 is 0 Å². The van der Waals surface area contributed by atoms with E-state index in [1.54, 1.807) is 11.3 Å². The summed E-state index contributed by atoms with van der Waals surface area (Å²) >= 11 is 7.47. The van der Waals surface area contributed by atoms with Gasteiger partial charge in [-0.05, 0) is 43.2 Å². The van der Waals surface area contributed by atoms with Crippen molar-refractivity contribution in [1.82, 2.24) is 5.32 Å². The minimum absolute atomic E-state index is 0.293. The molecule has 0 radical (unpaired) electrons. The van der Waals surface area contributed by atoms with Crippen molar-refractivity contribution in [2.75, 3.05) is 19.7 Å². The van der Waals surface area contributed by atoms with Gasteiger partial charge in [0.2, 0.25) is 0 Å². The zero-order valence-electron chi connectivity index (χ0n) is 12.0. The summed E-state index contributed by atoms with van der Waals surface area (Å²) in [6.45, 7) is 3.65. The van der Waals surface area contributed by atoms with Crippen LogP contribution in [0.4, 0.5) is 0 Å². The zero-order chi connectivity index (χ0) is 15.1. The second kappa shape index (κ2) is 8.39. The Morgan fingerprint density at radius 2 is 2.19 bits per heavy atom. The van der Waals surface area contributed by atoms with E-state index in [4.69, 9.17) is 16.3 Å². The van der Waals surface area contributed by atoms with Gasteiger partial charge < -0.3 is 15.2 Å². The molecule has 0 aliphatic carbocycles. The minimum atomic E-state index is -0.516. The topological polar surface area (TPSA) is 41.5 Å². The summed E-state index contributed by atoms with van der Waals surface area (Å²) in [5, 5.41) is 13.1. The molecule has 21 heavy (non-hydrogen) atoms. The summed E-state index contributed by atoms with van der Waals surface area (Å²) in [6, 6.07) is 11.8. The molecule has 2 aromatic rings. The van der Waals surface area contributed by atoms with Crippen molar-refractivity contribution < 1.29 is 9.84 Å². The van der Waals surface area contributed by atoms with Crippen LogP contribution in [0.25, 0.3) is 0 Å². The van der Waals surface area contributed by atoms with E-state index >= 15 is 0 Å². The molecule has 1 heterocycles. The van der Waals surface area contributed by atoms with E-state index in [1.165, 1.54) is 4.88 Å². The zero-order valence-corrected chi connectivity index (χ0v) is 13.6. The quantitative estimate of drug-likeness (QED) is 0.732. The lowest BCUT2D eigenvalue weighted by Crippen LogP contribution is -2.32. The number of aryl methyl sites for hydroxylation is 1. The summed E-state index contributed by atoms with van der Waals surface area (Å²) in [6.07, 6.45) is 0.403. The molecule has 114 valence electrons. The third kappa shape index (κ3) is 6.06. The molecule has 5 heteroatoms. The van der Waals surface area contributed by atoms with Gasteiger partial charge in [0.1, 0.15) is 18.5 Å². The van der Waals surface area contributed by atoms with Crippen molar-refractivity contribution in [1.29, 1.82) is 0 Å². The fourth-order valence-corrected chi connectivity index (χ4v) is 3.01. The second-order valence-electron chi connectivity index (χ2n) is 4.94. The first-order valence-corrected chi connectivity index (χ1v) is 8.15. The van der Waals surface area contributed by atoms with Crippen molar-refractivity contribution >= 4 is 22.9 Å². The number of aliphatic hydroxyl groups is 1. The summed E-state index contributed by atoms with van der Waals surface area (Å²) in [4.78, 5) is 1.25. The molecule has 0 spiro atoms. The number of hydrogen-bond donors (Lipinski definition) is 2. The maximum Gasteiger partial charge on any atom is 0.119 e. The van der Waals surface area contributed by atoms with Crippen molar-refractivity contribution in [3.05, 3.63) is 51.2 Å². The number of rotatable bonds is 8. The fraction of sp³-hybridized carbons (Fsp3) is 0.375. The summed E-state index contributed by atoms with van der Waals surface area (Å²) in [5.41, 5.74) is 1.15. The van der Waals surface area contributed by atoms with Crippen LogP contribution in [0.1, 0.15) is 10.4 Å². The Kier molecular flexibility index (Phi) is 6.51. The maximum absolute atomic E-state index is 9.88. The lowest BCUT2D eigenvalue weighted by atomic mass is 10.2. The SMILES string of the molecule is Cc1cccc(OCC(O)CNCCc2ccc(Cl)s2)c1. The summed E-state index contributed by atoms with van der Waals surface area (Å²) in [7, 11) is 0. The minimum Gasteiger partial charge on any atom is -0.491 e. The first-order chi connectivity index (χ1) is 10.1. The highest BCUT2D eigenvalue weighted by Crippen LogP contribution is 2.21. The molecule has 1 aromatic heterocycles. The molecule has 0 amide bonds. The smallest absolute Gasteiger partial charge is 0.119 e. The molecule has 1 unspecified atom stereocenters. The van der Waals surface area contributed by atoms with Crippen LogP contribution in [-0.4, -0.2) is 30.9 Å². The van der Waals surface area contributed by atoms with Crippen molar-refractivity contribution in [3.63, 3.8) is 0 Å². The van der Waals surface area contributed by atoms with Crippen molar-refractivity contribution in [3.8, 4) is 5.75 Å². The van der Waals surface area contributed by atoms with Crippen LogP contribution in [-0.2, 0) is 6.42 Å². The molecular weight excluding hydrogens is 306 g/mol. The standard InChI is InChI=1S/C16H20ClNO2S/c1-12-3-2-4-14(9-12)20-11-13(19)10-18-8-7-15-5-6-16(17)21-15/h2-6,9,13,18-19H,7-8,10-11H2,1H3. The summed E-state index contributed by atoms with van der Waals surface area (Å²) < 4.78 is 6.38. The predicted octanol–water partition coefficient (Wildman–Crippen LogP) is 3.28. The predicted molar refractivity (Wildman–Crippen MR) is 88.6 cm³/mol. The molecule has 2 N–H and O–H groups in total. The highest BCUT2D eigenvalue weighted by Gasteiger charge is 2.05. The number of aliphatic hydroxyl groups excluding tert-OH is 1. The Morgan fingerprint density at radius 1 is 1.33 bits per heavy atom. The Morgan fingerprint density at radius 3 is 2.90 bits per heavy atom. The molecule has 0 saturated heterocycles. The molecule has 1 atom stereocenters. The average Bonchev–Trinajstić information content (AvgIpc) is 2.87. The molecule has 3 nitrogen and oxygen atoms in total. The normalized spacial score (nSPS) is 12.3. The van der Waals surface area contributed by atoms with Crippen LogP contribution < -0.4 is 10.1 Å². The molecular formula is C16H20ClNO2S. The van der Waals surface area contributed by atoms with Gasteiger partial charge in [-0.1, -0.05) is 23.7 Å². The van der Waals surface area contributed by atoms with Crippen LogP contribution in [0.2, 0.25) is 4.34 Å². The van der Waals surface area contributed by atoms with E-state index in [0.717, 1.165) is 28.6 Å². The van der Waals surface area contributed by atoms with Gasteiger partial charge in [-0.3, -0.25) is 0 Å². The number of benzene rings is 1. The molecule has 1 aromatic carbocycles. The first kappa shape index (κ1) is 16.3. The van der Waals surface area contributed by atoms with Crippen LogP contribution in [0, 0.1) is 6.92 Å². The molecule has 0 saturated carbocycles. The van der Waals surface area contributed by atoms with Gasteiger partial charge in [-0.2, -0.15) is 0 Å². The van der Waals surface area contributed by atoms with Crippen LogP contribution in [0.5, 0.6) is 5.75 Å². The molecule has 0 aliphatic rings. The Bertz CT molecular complexity index is 559.